The SMILES string of the molecule is CS(=O)(=O)Nc1ccc(CNC(=O)C=Cc2ccc(C(F)(F)F)nc2NCCO)cc1F. The first kappa shape index (κ1) is 25.1. The molecule has 1 heterocycles. The number of halogens is 4. The second-order valence-corrected chi connectivity index (χ2v) is 8.27. The second-order valence-electron chi connectivity index (χ2n) is 6.52. The lowest BCUT2D eigenvalue weighted by atomic mass is 10.2. The van der Waals surface area contributed by atoms with Crippen molar-refractivity contribution >= 4 is 33.5 Å². The van der Waals surface area contributed by atoms with Gasteiger partial charge in [0.1, 0.15) is 17.3 Å². The Hall–Kier alpha value is -3.19. The van der Waals surface area contributed by atoms with Gasteiger partial charge in [0.2, 0.25) is 15.9 Å². The van der Waals surface area contributed by atoms with Crippen molar-refractivity contribution in [3.05, 3.63) is 59.0 Å². The van der Waals surface area contributed by atoms with Crippen LogP contribution < -0.4 is 15.4 Å². The number of sulfonamides is 1. The highest BCUT2D eigenvalue weighted by Crippen LogP contribution is 2.29. The van der Waals surface area contributed by atoms with Crippen molar-refractivity contribution < 1.29 is 35.9 Å². The summed E-state index contributed by atoms with van der Waals surface area (Å²) >= 11 is 0. The summed E-state index contributed by atoms with van der Waals surface area (Å²) in [7, 11) is -3.65. The van der Waals surface area contributed by atoms with Crippen LogP contribution in [0.25, 0.3) is 6.08 Å². The number of carbonyl (C=O) groups excluding carboxylic acids is 1. The van der Waals surface area contributed by atoms with Crippen molar-refractivity contribution in [3.8, 4) is 0 Å². The molecule has 0 unspecified atom stereocenters. The maximum absolute atomic E-state index is 14.0. The van der Waals surface area contributed by atoms with Crippen LogP contribution in [0.5, 0.6) is 0 Å². The summed E-state index contributed by atoms with van der Waals surface area (Å²) in [5, 5.41) is 13.9. The van der Waals surface area contributed by atoms with Crippen molar-refractivity contribution in [1.82, 2.24) is 10.3 Å². The normalized spacial score (nSPS) is 12.1. The fourth-order valence-corrected chi connectivity index (χ4v) is 3.01. The van der Waals surface area contributed by atoms with E-state index >= 15 is 0 Å². The Morgan fingerprint density at radius 3 is 2.53 bits per heavy atom. The summed E-state index contributed by atoms with van der Waals surface area (Å²) < 4.78 is 76.9. The topological polar surface area (TPSA) is 120 Å². The van der Waals surface area contributed by atoms with E-state index in [-0.39, 0.29) is 36.8 Å². The largest absolute Gasteiger partial charge is 0.433 e. The molecule has 0 saturated carbocycles. The van der Waals surface area contributed by atoms with Gasteiger partial charge in [0.15, 0.2) is 0 Å². The summed E-state index contributed by atoms with van der Waals surface area (Å²) in [5.41, 5.74) is -0.829. The Morgan fingerprint density at radius 2 is 1.94 bits per heavy atom. The van der Waals surface area contributed by atoms with Crippen molar-refractivity contribution in [1.29, 1.82) is 0 Å². The Balaban J connectivity index is 2.06. The molecule has 0 spiro atoms. The molecule has 13 heteroatoms. The second kappa shape index (κ2) is 10.4. The summed E-state index contributed by atoms with van der Waals surface area (Å²) in [6.45, 7) is -0.464. The number of hydrogen-bond donors (Lipinski definition) is 4. The number of aliphatic hydroxyl groups excluding tert-OH is 1. The van der Waals surface area contributed by atoms with E-state index < -0.39 is 33.6 Å². The molecule has 8 nitrogen and oxygen atoms in total. The minimum atomic E-state index is -4.66. The molecule has 0 fully saturated rings. The number of anilines is 2. The van der Waals surface area contributed by atoms with E-state index in [1.54, 1.807) is 0 Å². The molecule has 0 radical (unpaired) electrons. The molecule has 0 bridgehead atoms. The van der Waals surface area contributed by atoms with Crippen molar-refractivity contribution in [3.63, 3.8) is 0 Å². The molecular weight excluding hydrogens is 456 g/mol. The van der Waals surface area contributed by atoms with Crippen LogP contribution in [0.2, 0.25) is 0 Å². The van der Waals surface area contributed by atoms with Gasteiger partial charge in [-0.15, -0.1) is 0 Å². The molecule has 0 atom stereocenters. The van der Waals surface area contributed by atoms with E-state index in [1.807, 2.05) is 4.72 Å². The van der Waals surface area contributed by atoms with Gasteiger partial charge in [-0.25, -0.2) is 17.8 Å². The van der Waals surface area contributed by atoms with Gasteiger partial charge in [0.05, 0.1) is 18.6 Å². The molecule has 2 rings (SSSR count). The van der Waals surface area contributed by atoms with Crippen LogP contribution in [0, 0.1) is 5.82 Å². The Bertz CT molecular complexity index is 1100. The number of hydrogen-bond acceptors (Lipinski definition) is 6. The fourth-order valence-electron chi connectivity index (χ4n) is 2.44. The molecular formula is C19H20F4N4O4S. The van der Waals surface area contributed by atoms with E-state index in [9.17, 15) is 30.8 Å². The van der Waals surface area contributed by atoms with Gasteiger partial charge in [0.25, 0.3) is 0 Å². The van der Waals surface area contributed by atoms with Gasteiger partial charge in [-0.3, -0.25) is 9.52 Å². The number of alkyl halides is 3. The third kappa shape index (κ3) is 7.81. The fraction of sp³-hybridized carbons (Fsp3) is 0.263. The molecule has 0 aliphatic rings. The maximum atomic E-state index is 14.0. The van der Waals surface area contributed by atoms with Gasteiger partial charge < -0.3 is 15.7 Å². The van der Waals surface area contributed by atoms with Crippen LogP contribution in [-0.2, 0) is 27.5 Å². The number of carbonyl (C=O) groups is 1. The number of benzene rings is 1. The van der Waals surface area contributed by atoms with Crippen LogP contribution in [-0.4, -0.2) is 43.8 Å². The first-order chi connectivity index (χ1) is 14.9. The Kier molecular flexibility index (Phi) is 8.16. The maximum Gasteiger partial charge on any atom is 0.433 e. The van der Waals surface area contributed by atoms with Crippen molar-refractivity contribution in [2.45, 2.75) is 12.7 Å². The minimum absolute atomic E-state index is 0.0445. The highest BCUT2D eigenvalue weighted by molar-refractivity contribution is 7.92. The van der Waals surface area contributed by atoms with Gasteiger partial charge >= 0.3 is 6.18 Å². The zero-order valence-corrected chi connectivity index (χ0v) is 17.5. The quantitative estimate of drug-likeness (QED) is 0.326. The molecule has 32 heavy (non-hydrogen) atoms. The zero-order chi connectivity index (χ0) is 23.9. The standard InChI is InChI=1S/C19H20F4N4O4S/c1-32(30,31)27-15-5-2-12(10-14(15)20)11-25-17(29)7-4-13-3-6-16(19(21,22)23)26-18(13)24-8-9-28/h2-7,10,27-28H,8-9,11H2,1H3,(H,24,26)(H,25,29). The summed E-state index contributed by atoms with van der Waals surface area (Å²) in [6, 6.07) is 5.56. The lowest BCUT2D eigenvalue weighted by molar-refractivity contribution is -0.141. The number of nitrogens with one attached hydrogen (secondary N) is 3. The summed E-state index contributed by atoms with van der Waals surface area (Å²) in [4.78, 5) is 15.5. The smallest absolute Gasteiger partial charge is 0.395 e. The molecule has 1 aromatic heterocycles. The lowest BCUT2D eigenvalue weighted by Gasteiger charge is -2.12. The highest BCUT2D eigenvalue weighted by atomic mass is 32.2. The predicted octanol–water partition coefficient (Wildman–Crippen LogP) is 2.34. The Morgan fingerprint density at radius 1 is 1.22 bits per heavy atom. The van der Waals surface area contributed by atoms with Crippen LogP contribution in [0.4, 0.5) is 29.1 Å². The van der Waals surface area contributed by atoms with Crippen molar-refractivity contribution in [2.24, 2.45) is 0 Å². The van der Waals surface area contributed by atoms with E-state index in [0.29, 0.717) is 5.56 Å². The first-order valence-corrected chi connectivity index (χ1v) is 10.9. The van der Waals surface area contributed by atoms with Crippen LogP contribution in [0.15, 0.2) is 36.4 Å². The average molecular weight is 476 g/mol. The third-order valence-electron chi connectivity index (χ3n) is 3.83. The highest BCUT2D eigenvalue weighted by Gasteiger charge is 2.32. The van der Waals surface area contributed by atoms with E-state index in [1.165, 1.54) is 18.2 Å². The minimum Gasteiger partial charge on any atom is -0.395 e. The van der Waals surface area contributed by atoms with E-state index in [0.717, 1.165) is 30.5 Å². The van der Waals surface area contributed by atoms with Gasteiger partial charge in [-0.1, -0.05) is 6.07 Å². The van der Waals surface area contributed by atoms with Crippen LogP contribution in [0.3, 0.4) is 0 Å². The van der Waals surface area contributed by atoms with Crippen molar-refractivity contribution in [2.75, 3.05) is 29.4 Å². The van der Waals surface area contributed by atoms with Gasteiger partial charge in [-0.05, 0) is 35.9 Å². The molecule has 1 aromatic carbocycles. The van der Waals surface area contributed by atoms with Crippen LogP contribution >= 0.6 is 0 Å². The number of amides is 1. The predicted molar refractivity (Wildman–Crippen MR) is 111 cm³/mol. The molecule has 0 saturated heterocycles. The van der Waals surface area contributed by atoms with E-state index in [4.69, 9.17) is 5.11 Å². The molecule has 174 valence electrons. The lowest BCUT2D eigenvalue weighted by Crippen LogP contribution is -2.20. The first-order valence-electron chi connectivity index (χ1n) is 9.04. The zero-order valence-electron chi connectivity index (χ0n) is 16.7. The van der Waals surface area contributed by atoms with Gasteiger partial charge in [0, 0.05) is 24.7 Å². The Labute approximate surface area is 181 Å². The van der Waals surface area contributed by atoms with E-state index in [2.05, 4.69) is 15.6 Å². The van der Waals surface area contributed by atoms with Gasteiger partial charge in [-0.2, -0.15) is 13.2 Å². The molecule has 2 aromatic rings. The number of pyridine rings is 1. The summed E-state index contributed by atoms with van der Waals surface area (Å²) in [6.07, 6.45) is -1.48. The third-order valence-corrected chi connectivity index (χ3v) is 4.42. The molecule has 1 amide bonds. The number of aliphatic hydroxyl groups is 1. The number of aromatic nitrogens is 1. The number of rotatable bonds is 9. The monoisotopic (exact) mass is 476 g/mol. The molecule has 0 aliphatic carbocycles. The average Bonchev–Trinajstić information content (AvgIpc) is 2.69. The van der Waals surface area contributed by atoms with Crippen LogP contribution in [0.1, 0.15) is 16.8 Å². The summed E-state index contributed by atoms with van der Waals surface area (Å²) in [5.74, 6) is -1.60. The number of nitrogens with zero attached hydrogens (tertiary/aromatic N) is 1. The molecule has 4 N–H and O–H groups in total. The molecule has 0 aliphatic heterocycles.